The molecule has 0 bridgehead atoms. The molecular weight excluding hydrogens is 192 g/mol. The molecule has 1 aromatic rings. The SMILES string of the molecule is OCCCCC1OC(c2ccccc2)O1. The van der Waals surface area contributed by atoms with E-state index in [-0.39, 0.29) is 19.2 Å². The molecule has 3 heteroatoms. The minimum Gasteiger partial charge on any atom is -0.396 e. The number of hydrogen-bond acceptors (Lipinski definition) is 3. The standard InChI is InChI=1S/C12H16O3/c13-9-5-4-8-11-14-12(15-11)10-6-2-1-3-7-10/h1-3,6-7,11-13H,4-5,8-9H2. The maximum Gasteiger partial charge on any atom is 0.189 e. The van der Waals surface area contributed by atoms with Crippen molar-refractivity contribution in [1.29, 1.82) is 0 Å². The summed E-state index contributed by atoms with van der Waals surface area (Å²) in [4.78, 5) is 0. The molecular formula is C12H16O3. The largest absolute Gasteiger partial charge is 0.396 e. The Morgan fingerprint density at radius 3 is 2.47 bits per heavy atom. The fourth-order valence-electron chi connectivity index (χ4n) is 1.61. The molecule has 3 nitrogen and oxygen atoms in total. The molecule has 0 radical (unpaired) electrons. The Morgan fingerprint density at radius 2 is 1.80 bits per heavy atom. The fourth-order valence-corrected chi connectivity index (χ4v) is 1.61. The highest BCUT2D eigenvalue weighted by Gasteiger charge is 2.31. The monoisotopic (exact) mass is 208 g/mol. The second kappa shape index (κ2) is 5.26. The molecule has 15 heavy (non-hydrogen) atoms. The summed E-state index contributed by atoms with van der Waals surface area (Å²) in [6, 6.07) is 9.91. The van der Waals surface area contributed by atoms with Gasteiger partial charge in [-0.05, 0) is 19.3 Å². The van der Waals surface area contributed by atoms with E-state index in [1.807, 2.05) is 30.3 Å². The Labute approximate surface area is 89.6 Å². The van der Waals surface area contributed by atoms with Gasteiger partial charge in [0.15, 0.2) is 12.6 Å². The molecule has 1 saturated heterocycles. The Kier molecular flexibility index (Phi) is 3.72. The van der Waals surface area contributed by atoms with Crippen LogP contribution in [0.15, 0.2) is 30.3 Å². The Bertz CT molecular complexity index is 280. The summed E-state index contributed by atoms with van der Waals surface area (Å²) < 4.78 is 11.1. The normalized spacial score (nSPS) is 24.9. The summed E-state index contributed by atoms with van der Waals surface area (Å²) in [7, 11) is 0. The van der Waals surface area contributed by atoms with Crippen LogP contribution in [0.1, 0.15) is 31.1 Å². The van der Waals surface area contributed by atoms with Gasteiger partial charge >= 0.3 is 0 Å². The summed E-state index contributed by atoms with van der Waals surface area (Å²) in [6.45, 7) is 0.245. The van der Waals surface area contributed by atoms with Crippen LogP contribution in [0.2, 0.25) is 0 Å². The number of rotatable bonds is 5. The highest BCUT2D eigenvalue weighted by Crippen LogP contribution is 2.33. The van der Waals surface area contributed by atoms with E-state index in [0.29, 0.717) is 0 Å². The molecule has 0 atom stereocenters. The van der Waals surface area contributed by atoms with Gasteiger partial charge in [-0.3, -0.25) is 0 Å². The average molecular weight is 208 g/mol. The van der Waals surface area contributed by atoms with E-state index in [4.69, 9.17) is 14.6 Å². The van der Waals surface area contributed by atoms with Crippen LogP contribution < -0.4 is 0 Å². The van der Waals surface area contributed by atoms with Gasteiger partial charge in [0.05, 0.1) is 0 Å². The maximum absolute atomic E-state index is 8.62. The van der Waals surface area contributed by atoms with Crippen molar-refractivity contribution in [3.63, 3.8) is 0 Å². The van der Waals surface area contributed by atoms with E-state index < -0.39 is 0 Å². The van der Waals surface area contributed by atoms with Crippen LogP contribution in [0, 0.1) is 0 Å². The van der Waals surface area contributed by atoms with Gasteiger partial charge in [-0.2, -0.15) is 0 Å². The van der Waals surface area contributed by atoms with E-state index in [9.17, 15) is 0 Å². The van der Waals surface area contributed by atoms with Gasteiger partial charge in [0.2, 0.25) is 0 Å². The fraction of sp³-hybridized carbons (Fsp3) is 0.500. The molecule has 0 aromatic heterocycles. The van der Waals surface area contributed by atoms with E-state index in [1.54, 1.807) is 0 Å². The lowest BCUT2D eigenvalue weighted by molar-refractivity contribution is -0.391. The van der Waals surface area contributed by atoms with Gasteiger partial charge in [-0.1, -0.05) is 30.3 Å². The van der Waals surface area contributed by atoms with Gasteiger partial charge in [0.1, 0.15) is 0 Å². The first-order valence-electron chi connectivity index (χ1n) is 5.37. The molecule has 1 fully saturated rings. The number of benzene rings is 1. The smallest absolute Gasteiger partial charge is 0.189 e. The molecule has 1 N–H and O–H groups in total. The molecule has 0 unspecified atom stereocenters. The molecule has 1 heterocycles. The summed E-state index contributed by atoms with van der Waals surface area (Å²) in [5.41, 5.74) is 1.07. The van der Waals surface area contributed by atoms with Crippen molar-refractivity contribution in [2.45, 2.75) is 31.8 Å². The van der Waals surface area contributed by atoms with Crippen molar-refractivity contribution >= 4 is 0 Å². The molecule has 0 amide bonds. The number of hydrogen-bond donors (Lipinski definition) is 1. The van der Waals surface area contributed by atoms with Crippen molar-refractivity contribution in [1.82, 2.24) is 0 Å². The van der Waals surface area contributed by atoms with Gasteiger partial charge < -0.3 is 14.6 Å². The van der Waals surface area contributed by atoms with Crippen LogP contribution in [-0.4, -0.2) is 18.0 Å². The molecule has 0 aliphatic carbocycles. The number of aliphatic hydroxyl groups excluding tert-OH is 1. The molecule has 2 rings (SSSR count). The van der Waals surface area contributed by atoms with Crippen molar-refractivity contribution in [3.8, 4) is 0 Å². The highest BCUT2D eigenvalue weighted by molar-refractivity contribution is 5.16. The van der Waals surface area contributed by atoms with Gasteiger partial charge in [-0.25, -0.2) is 0 Å². The van der Waals surface area contributed by atoms with Crippen LogP contribution in [0.5, 0.6) is 0 Å². The first-order chi connectivity index (χ1) is 7.40. The molecule has 0 spiro atoms. The quantitative estimate of drug-likeness (QED) is 0.754. The van der Waals surface area contributed by atoms with Crippen LogP contribution >= 0.6 is 0 Å². The zero-order chi connectivity index (χ0) is 10.5. The van der Waals surface area contributed by atoms with Crippen LogP contribution in [0.25, 0.3) is 0 Å². The first-order valence-corrected chi connectivity index (χ1v) is 5.37. The number of aliphatic hydroxyl groups is 1. The second-order valence-electron chi connectivity index (χ2n) is 3.66. The van der Waals surface area contributed by atoms with E-state index in [2.05, 4.69) is 0 Å². The number of unbranched alkanes of at least 4 members (excludes halogenated alkanes) is 1. The van der Waals surface area contributed by atoms with Gasteiger partial charge in [0, 0.05) is 12.2 Å². The third-order valence-corrected chi connectivity index (χ3v) is 2.47. The molecule has 82 valence electrons. The molecule has 1 aromatic carbocycles. The predicted octanol–water partition coefficient (Wildman–Crippen LogP) is 2.22. The van der Waals surface area contributed by atoms with E-state index in [0.717, 1.165) is 24.8 Å². The first kappa shape index (κ1) is 10.6. The maximum atomic E-state index is 8.62. The van der Waals surface area contributed by atoms with Crippen molar-refractivity contribution in [2.24, 2.45) is 0 Å². The van der Waals surface area contributed by atoms with Crippen molar-refractivity contribution in [3.05, 3.63) is 35.9 Å². The Balaban J connectivity index is 1.70. The predicted molar refractivity (Wildman–Crippen MR) is 56.1 cm³/mol. The zero-order valence-corrected chi connectivity index (χ0v) is 8.63. The van der Waals surface area contributed by atoms with Crippen LogP contribution in [0.3, 0.4) is 0 Å². The van der Waals surface area contributed by atoms with Gasteiger partial charge in [-0.15, -0.1) is 0 Å². The topological polar surface area (TPSA) is 38.7 Å². The molecule has 0 saturated carbocycles. The second-order valence-corrected chi connectivity index (χ2v) is 3.66. The third kappa shape index (κ3) is 2.78. The summed E-state index contributed by atoms with van der Waals surface area (Å²) in [5, 5.41) is 8.62. The number of ether oxygens (including phenoxy) is 2. The summed E-state index contributed by atoms with van der Waals surface area (Å²) >= 11 is 0. The minimum atomic E-state index is -0.190. The van der Waals surface area contributed by atoms with E-state index in [1.165, 1.54) is 0 Å². The molecule has 1 aliphatic heterocycles. The summed E-state index contributed by atoms with van der Waals surface area (Å²) in [6.07, 6.45) is 2.36. The van der Waals surface area contributed by atoms with E-state index >= 15 is 0 Å². The van der Waals surface area contributed by atoms with Crippen LogP contribution in [-0.2, 0) is 9.47 Å². The minimum absolute atomic E-state index is 0.0817. The average Bonchev–Trinajstić information content (AvgIpc) is 2.23. The lowest BCUT2D eigenvalue weighted by atomic mass is 10.2. The van der Waals surface area contributed by atoms with Crippen molar-refractivity contribution < 1.29 is 14.6 Å². The van der Waals surface area contributed by atoms with Crippen LogP contribution in [0.4, 0.5) is 0 Å². The van der Waals surface area contributed by atoms with Gasteiger partial charge in [0.25, 0.3) is 0 Å². The lowest BCUT2D eigenvalue weighted by Gasteiger charge is -2.36. The van der Waals surface area contributed by atoms with Crippen molar-refractivity contribution in [2.75, 3.05) is 6.61 Å². The Hall–Kier alpha value is -0.900. The lowest BCUT2D eigenvalue weighted by Crippen LogP contribution is -2.34. The Morgan fingerprint density at radius 1 is 1.07 bits per heavy atom. The highest BCUT2D eigenvalue weighted by atomic mass is 16.9. The molecule has 1 aliphatic rings. The third-order valence-electron chi connectivity index (χ3n) is 2.47. The summed E-state index contributed by atoms with van der Waals surface area (Å²) in [5.74, 6) is 0. The zero-order valence-electron chi connectivity index (χ0n) is 8.63.